The Morgan fingerprint density at radius 3 is 2.61 bits per heavy atom. The number of alkyl carbamates (subject to hydrolysis) is 1. The zero-order chi connectivity index (χ0) is 22.0. The van der Waals surface area contributed by atoms with Gasteiger partial charge in [-0.25, -0.2) is 4.79 Å². The van der Waals surface area contributed by atoms with Gasteiger partial charge >= 0.3 is 6.09 Å². The van der Waals surface area contributed by atoms with Gasteiger partial charge in [0.25, 0.3) is 0 Å². The molecule has 1 aromatic carbocycles. The van der Waals surface area contributed by atoms with Crippen LogP contribution in [0.3, 0.4) is 0 Å². The molecule has 2 N–H and O–H groups in total. The summed E-state index contributed by atoms with van der Waals surface area (Å²) < 4.78 is 4.91. The fraction of sp³-hybridized carbons (Fsp3) is 0.609. The number of anilines is 1. The SMILES string of the molecule is CCOC(=O)NC(=O)C1CCSC1(NC(=O)C1Cc2ccccc2N1C)C1CCCC1. The summed E-state index contributed by atoms with van der Waals surface area (Å²) in [7, 11) is 1.95. The lowest BCUT2D eigenvalue weighted by molar-refractivity contribution is -0.128. The first-order valence-corrected chi connectivity index (χ1v) is 12.2. The molecule has 0 radical (unpaired) electrons. The summed E-state index contributed by atoms with van der Waals surface area (Å²) in [5, 5.41) is 5.74. The number of amides is 3. The number of nitrogens with zero attached hydrogens (tertiary/aromatic N) is 1. The van der Waals surface area contributed by atoms with E-state index in [4.69, 9.17) is 4.74 Å². The molecular formula is C23H31N3O4S. The van der Waals surface area contributed by atoms with Crippen LogP contribution in [0.15, 0.2) is 24.3 Å². The zero-order valence-electron chi connectivity index (χ0n) is 18.2. The van der Waals surface area contributed by atoms with E-state index in [1.807, 2.05) is 30.1 Å². The predicted octanol–water partition coefficient (Wildman–Crippen LogP) is 3.08. The van der Waals surface area contributed by atoms with Crippen LogP contribution < -0.4 is 15.5 Å². The van der Waals surface area contributed by atoms with E-state index in [0.29, 0.717) is 12.8 Å². The zero-order valence-corrected chi connectivity index (χ0v) is 19.0. The van der Waals surface area contributed by atoms with Gasteiger partial charge in [0.2, 0.25) is 11.8 Å². The molecule has 1 aliphatic carbocycles. The smallest absolute Gasteiger partial charge is 0.413 e. The van der Waals surface area contributed by atoms with E-state index in [2.05, 4.69) is 16.7 Å². The Morgan fingerprint density at radius 1 is 1.16 bits per heavy atom. The topological polar surface area (TPSA) is 87.7 Å². The summed E-state index contributed by atoms with van der Waals surface area (Å²) in [6, 6.07) is 7.78. The molecule has 168 valence electrons. The molecule has 0 aromatic heterocycles. The van der Waals surface area contributed by atoms with E-state index >= 15 is 0 Å². The summed E-state index contributed by atoms with van der Waals surface area (Å²) in [5.74, 6) is 0.143. The number of hydrogen-bond donors (Lipinski definition) is 2. The van der Waals surface area contributed by atoms with Crippen LogP contribution in [0.25, 0.3) is 0 Å². The molecule has 0 spiro atoms. The van der Waals surface area contributed by atoms with E-state index in [1.54, 1.807) is 18.7 Å². The number of nitrogens with one attached hydrogen (secondary N) is 2. The molecule has 1 saturated carbocycles. The van der Waals surface area contributed by atoms with Crippen molar-refractivity contribution in [3.8, 4) is 0 Å². The molecule has 4 rings (SSSR count). The van der Waals surface area contributed by atoms with Crippen molar-refractivity contribution in [2.75, 3.05) is 24.3 Å². The molecular weight excluding hydrogens is 414 g/mol. The lowest BCUT2D eigenvalue weighted by Crippen LogP contribution is -2.60. The van der Waals surface area contributed by atoms with Gasteiger partial charge in [0.1, 0.15) is 10.9 Å². The summed E-state index contributed by atoms with van der Waals surface area (Å²) in [6.07, 6.45) is 4.74. The third kappa shape index (κ3) is 4.14. The number of imide groups is 1. The van der Waals surface area contributed by atoms with Gasteiger partial charge in [0.15, 0.2) is 0 Å². The normalized spacial score (nSPS) is 27.7. The van der Waals surface area contributed by atoms with E-state index in [-0.39, 0.29) is 30.4 Å². The molecule has 1 saturated heterocycles. The second-order valence-corrected chi connectivity index (χ2v) is 10.00. The minimum absolute atomic E-state index is 0.0473. The highest BCUT2D eigenvalue weighted by atomic mass is 32.2. The van der Waals surface area contributed by atoms with Crippen molar-refractivity contribution >= 4 is 35.4 Å². The quantitative estimate of drug-likeness (QED) is 0.724. The van der Waals surface area contributed by atoms with Gasteiger partial charge in [-0.1, -0.05) is 31.0 Å². The van der Waals surface area contributed by atoms with E-state index in [0.717, 1.165) is 42.7 Å². The summed E-state index contributed by atoms with van der Waals surface area (Å²) in [5.41, 5.74) is 2.24. The highest BCUT2D eigenvalue weighted by Gasteiger charge is 2.55. The van der Waals surface area contributed by atoms with Crippen molar-refractivity contribution in [3.63, 3.8) is 0 Å². The molecule has 2 heterocycles. The Balaban J connectivity index is 1.56. The van der Waals surface area contributed by atoms with Gasteiger partial charge in [0, 0.05) is 19.2 Å². The van der Waals surface area contributed by atoms with Gasteiger partial charge in [-0.05, 0) is 49.5 Å². The third-order valence-electron chi connectivity index (χ3n) is 6.92. The number of rotatable bonds is 5. The fourth-order valence-electron chi connectivity index (χ4n) is 5.41. The lowest BCUT2D eigenvalue weighted by atomic mass is 9.83. The van der Waals surface area contributed by atoms with Crippen LogP contribution in [0.2, 0.25) is 0 Å². The summed E-state index contributed by atoms with van der Waals surface area (Å²) in [6.45, 7) is 1.91. The number of hydrogen-bond acceptors (Lipinski definition) is 6. The first kappa shape index (κ1) is 22.0. The molecule has 2 fully saturated rings. The first-order valence-electron chi connectivity index (χ1n) is 11.2. The number of carbonyl (C=O) groups excluding carboxylic acids is 3. The van der Waals surface area contributed by atoms with Crippen molar-refractivity contribution in [2.45, 2.75) is 56.4 Å². The van der Waals surface area contributed by atoms with Crippen molar-refractivity contribution in [3.05, 3.63) is 29.8 Å². The van der Waals surface area contributed by atoms with Crippen molar-refractivity contribution in [2.24, 2.45) is 11.8 Å². The van der Waals surface area contributed by atoms with Crippen LogP contribution in [0.1, 0.15) is 44.6 Å². The number of benzene rings is 1. The Labute approximate surface area is 187 Å². The maximum absolute atomic E-state index is 13.5. The van der Waals surface area contributed by atoms with Crippen molar-refractivity contribution in [1.82, 2.24) is 10.6 Å². The van der Waals surface area contributed by atoms with Crippen LogP contribution in [0.5, 0.6) is 0 Å². The molecule has 3 atom stereocenters. The number of likely N-dealkylation sites (N-methyl/N-ethyl adjacent to an activating group) is 1. The number of ether oxygens (including phenoxy) is 1. The van der Waals surface area contributed by atoms with Crippen LogP contribution >= 0.6 is 11.8 Å². The Bertz CT molecular complexity index is 857. The monoisotopic (exact) mass is 445 g/mol. The van der Waals surface area contributed by atoms with Gasteiger partial charge in [-0.3, -0.25) is 14.9 Å². The standard InChI is InChI=1S/C23H31N3O4S/c1-3-30-22(29)24-20(27)17-12-13-31-23(17,16-9-5-6-10-16)25-21(28)19-14-15-8-4-7-11-18(15)26(19)2/h4,7-8,11,16-17,19H,3,5-6,9-10,12-14H2,1-2H3,(H,25,28)(H,24,27,29). The molecule has 8 heteroatoms. The molecule has 31 heavy (non-hydrogen) atoms. The minimum Gasteiger partial charge on any atom is -0.450 e. The van der Waals surface area contributed by atoms with Gasteiger partial charge in [0.05, 0.1) is 12.5 Å². The minimum atomic E-state index is -0.720. The van der Waals surface area contributed by atoms with Crippen LogP contribution in [-0.2, 0) is 20.7 Å². The average molecular weight is 446 g/mol. The first-order chi connectivity index (χ1) is 15.0. The van der Waals surface area contributed by atoms with Crippen LogP contribution in [-0.4, -0.2) is 48.2 Å². The molecule has 7 nitrogen and oxygen atoms in total. The molecule has 1 aromatic rings. The van der Waals surface area contributed by atoms with Gasteiger partial charge in [-0.15, -0.1) is 11.8 Å². The third-order valence-corrected chi connectivity index (χ3v) is 8.55. The summed E-state index contributed by atoms with van der Waals surface area (Å²) in [4.78, 5) is 39.8. The Kier molecular flexibility index (Phi) is 6.46. The van der Waals surface area contributed by atoms with Gasteiger partial charge in [-0.2, -0.15) is 0 Å². The number of fused-ring (bicyclic) bond motifs is 1. The maximum Gasteiger partial charge on any atom is 0.413 e. The van der Waals surface area contributed by atoms with Crippen molar-refractivity contribution < 1.29 is 19.1 Å². The Hall–Kier alpha value is -2.22. The second kappa shape index (κ2) is 9.10. The average Bonchev–Trinajstić information content (AvgIpc) is 3.48. The van der Waals surface area contributed by atoms with E-state index in [9.17, 15) is 14.4 Å². The van der Waals surface area contributed by atoms with E-state index in [1.165, 1.54) is 0 Å². The molecule has 3 aliphatic rings. The molecule has 2 aliphatic heterocycles. The number of para-hydroxylation sites is 1. The fourth-order valence-corrected chi connectivity index (χ4v) is 7.17. The number of carbonyl (C=O) groups is 3. The predicted molar refractivity (Wildman–Crippen MR) is 121 cm³/mol. The largest absolute Gasteiger partial charge is 0.450 e. The van der Waals surface area contributed by atoms with Gasteiger partial charge < -0.3 is 15.0 Å². The Morgan fingerprint density at radius 2 is 1.90 bits per heavy atom. The highest BCUT2D eigenvalue weighted by molar-refractivity contribution is 8.01. The second-order valence-electron chi connectivity index (χ2n) is 8.62. The van der Waals surface area contributed by atoms with Crippen molar-refractivity contribution in [1.29, 1.82) is 0 Å². The van der Waals surface area contributed by atoms with Crippen LogP contribution in [0, 0.1) is 11.8 Å². The molecule has 3 unspecified atom stereocenters. The summed E-state index contributed by atoms with van der Waals surface area (Å²) >= 11 is 1.67. The van der Waals surface area contributed by atoms with E-state index < -0.39 is 16.9 Å². The lowest BCUT2D eigenvalue weighted by Gasteiger charge is -2.41. The maximum atomic E-state index is 13.5. The van der Waals surface area contributed by atoms with Crippen LogP contribution in [0.4, 0.5) is 10.5 Å². The molecule has 0 bridgehead atoms. The molecule has 3 amide bonds. The number of thioether (sulfide) groups is 1. The highest BCUT2D eigenvalue weighted by Crippen LogP contribution is 2.51.